The highest BCUT2D eigenvalue weighted by Crippen LogP contribution is 2.28. The molecule has 2 unspecified atom stereocenters. The van der Waals surface area contributed by atoms with Crippen LogP contribution in [0.1, 0.15) is 26.7 Å². The van der Waals surface area contributed by atoms with Crippen molar-refractivity contribution in [1.82, 2.24) is 14.9 Å². The Morgan fingerprint density at radius 2 is 2.25 bits per heavy atom. The third-order valence-electron chi connectivity index (χ3n) is 4.32. The third kappa shape index (κ3) is 2.52. The van der Waals surface area contributed by atoms with Crippen molar-refractivity contribution < 1.29 is 0 Å². The van der Waals surface area contributed by atoms with E-state index in [1.54, 1.807) is 0 Å². The van der Waals surface area contributed by atoms with Crippen molar-refractivity contribution in [2.24, 2.45) is 0 Å². The first kappa shape index (κ1) is 13.4. The van der Waals surface area contributed by atoms with Crippen molar-refractivity contribution in [1.29, 1.82) is 0 Å². The molecule has 2 atom stereocenters. The van der Waals surface area contributed by atoms with Gasteiger partial charge < -0.3 is 16.0 Å². The summed E-state index contributed by atoms with van der Waals surface area (Å²) in [6.45, 7) is 8.56. The van der Waals surface area contributed by atoms with E-state index in [9.17, 15) is 0 Å². The lowest BCUT2D eigenvalue weighted by atomic mass is 10.1. The van der Waals surface area contributed by atoms with Crippen LogP contribution in [0.5, 0.6) is 0 Å². The molecule has 3 rings (SSSR count). The lowest BCUT2D eigenvalue weighted by molar-refractivity contribution is 0.202. The van der Waals surface area contributed by atoms with Crippen molar-refractivity contribution in [2.75, 3.05) is 42.1 Å². The second-order valence-electron chi connectivity index (χ2n) is 5.79. The topological polar surface area (TPSA) is 70.3 Å². The minimum atomic E-state index is 0.347. The first-order chi connectivity index (χ1) is 9.67. The van der Waals surface area contributed by atoms with Gasteiger partial charge in [-0.25, -0.2) is 0 Å². The molecule has 2 saturated heterocycles. The number of nitrogens with two attached hydrogens (primary N) is 1. The maximum atomic E-state index is 5.85. The van der Waals surface area contributed by atoms with Gasteiger partial charge in [0, 0.05) is 37.8 Å². The summed E-state index contributed by atoms with van der Waals surface area (Å²) in [6.07, 6.45) is 2.61. The third-order valence-corrected chi connectivity index (χ3v) is 4.32. The van der Waals surface area contributed by atoms with E-state index in [0.29, 0.717) is 18.0 Å². The van der Waals surface area contributed by atoms with E-state index in [1.165, 1.54) is 19.4 Å². The summed E-state index contributed by atoms with van der Waals surface area (Å²) in [6, 6.07) is 3.15. The normalized spacial score (nSPS) is 26.6. The van der Waals surface area contributed by atoms with E-state index < -0.39 is 0 Å². The fourth-order valence-corrected chi connectivity index (χ4v) is 3.38. The molecule has 6 nitrogen and oxygen atoms in total. The molecule has 0 radical (unpaired) electrons. The van der Waals surface area contributed by atoms with Gasteiger partial charge in [0.1, 0.15) is 11.6 Å². The summed E-state index contributed by atoms with van der Waals surface area (Å²) < 4.78 is 0. The second-order valence-corrected chi connectivity index (χ2v) is 5.79. The largest absolute Gasteiger partial charge is 0.370 e. The average Bonchev–Trinajstić information content (AvgIpc) is 2.84. The number of fused-ring (bicyclic) bond motifs is 1. The summed E-state index contributed by atoms with van der Waals surface area (Å²) in [5, 5.41) is 3.22. The molecule has 0 saturated carbocycles. The first-order valence-corrected chi connectivity index (χ1v) is 7.56. The monoisotopic (exact) mass is 276 g/mol. The second kappa shape index (κ2) is 5.44. The Labute approximate surface area is 120 Å². The summed E-state index contributed by atoms with van der Waals surface area (Å²) >= 11 is 0. The molecule has 3 N–H and O–H groups in total. The summed E-state index contributed by atoms with van der Waals surface area (Å²) in [5.41, 5.74) is 5.85. The van der Waals surface area contributed by atoms with Gasteiger partial charge in [-0.2, -0.15) is 9.97 Å². The molecule has 0 bridgehead atoms. The standard InChI is InChI=1S/C14H24N6/c1-3-16-12-7-13(18-14(15)17-12)20-9-11-5-4-6-19(11)8-10(20)2/h7,10-11H,3-6,8-9H2,1-2H3,(H3,15,16,17,18). The zero-order valence-corrected chi connectivity index (χ0v) is 12.3. The van der Waals surface area contributed by atoms with Gasteiger partial charge >= 0.3 is 0 Å². The molecule has 110 valence electrons. The highest BCUT2D eigenvalue weighted by molar-refractivity contribution is 5.53. The fourth-order valence-electron chi connectivity index (χ4n) is 3.38. The van der Waals surface area contributed by atoms with Crippen LogP contribution in [0.3, 0.4) is 0 Å². The Morgan fingerprint density at radius 3 is 3.05 bits per heavy atom. The van der Waals surface area contributed by atoms with Gasteiger partial charge in [-0.05, 0) is 33.2 Å². The molecule has 2 fully saturated rings. The van der Waals surface area contributed by atoms with E-state index in [4.69, 9.17) is 5.73 Å². The predicted molar refractivity (Wildman–Crippen MR) is 82.0 cm³/mol. The number of piperazine rings is 1. The summed E-state index contributed by atoms with van der Waals surface area (Å²) in [4.78, 5) is 13.7. The molecule has 6 heteroatoms. The molecule has 3 heterocycles. The number of nitrogens with one attached hydrogen (secondary N) is 1. The smallest absolute Gasteiger partial charge is 0.223 e. The van der Waals surface area contributed by atoms with Gasteiger partial charge in [0.15, 0.2) is 0 Å². The van der Waals surface area contributed by atoms with Crippen LogP contribution in [-0.2, 0) is 0 Å². The minimum Gasteiger partial charge on any atom is -0.370 e. The Balaban J connectivity index is 1.84. The minimum absolute atomic E-state index is 0.347. The van der Waals surface area contributed by atoms with Crippen molar-refractivity contribution in [3.8, 4) is 0 Å². The zero-order chi connectivity index (χ0) is 14.1. The average molecular weight is 276 g/mol. The highest BCUT2D eigenvalue weighted by atomic mass is 15.3. The fraction of sp³-hybridized carbons (Fsp3) is 0.714. The number of rotatable bonds is 3. The Bertz CT molecular complexity index is 477. The number of hydrogen-bond acceptors (Lipinski definition) is 6. The molecule has 1 aromatic rings. The van der Waals surface area contributed by atoms with Gasteiger partial charge in [0.05, 0.1) is 0 Å². The van der Waals surface area contributed by atoms with Crippen LogP contribution in [0.4, 0.5) is 17.6 Å². The lowest BCUT2D eigenvalue weighted by Gasteiger charge is -2.43. The zero-order valence-electron chi connectivity index (χ0n) is 12.3. The molecular weight excluding hydrogens is 252 g/mol. The van der Waals surface area contributed by atoms with E-state index >= 15 is 0 Å². The van der Waals surface area contributed by atoms with E-state index in [2.05, 4.69) is 38.9 Å². The van der Waals surface area contributed by atoms with Gasteiger partial charge in [0.2, 0.25) is 5.95 Å². The Hall–Kier alpha value is -1.56. The SMILES string of the molecule is CCNc1cc(N2CC3CCCN3CC2C)nc(N)n1. The van der Waals surface area contributed by atoms with Gasteiger partial charge in [-0.15, -0.1) is 0 Å². The molecule has 0 amide bonds. The number of aromatic nitrogens is 2. The van der Waals surface area contributed by atoms with E-state index in [-0.39, 0.29) is 0 Å². The molecule has 0 aromatic carbocycles. The first-order valence-electron chi connectivity index (χ1n) is 7.56. The van der Waals surface area contributed by atoms with E-state index in [1.807, 2.05) is 6.07 Å². The molecule has 2 aliphatic rings. The number of nitrogens with zero attached hydrogens (tertiary/aromatic N) is 4. The highest BCUT2D eigenvalue weighted by Gasteiger charge is 2.35. The van der Waals surface area contributed by atoms with Crippen molar-refractivity contribution in [2.45, 2.75) is 38.8 Å². The van der Waals surface area contributed by atoms with Gasteiger partial charge in [-0.1, -0.05) is 0 Å². The number of hydrogen-bond donors (Lipinski definition) is 2. The molecule has 0 spiro atoms. The maximum absolute atomic E-state index is 5.85. The van der Waals surface area contributed by atoms with E-state index in [0.717, 1.165) is 31.3 Å². The Kier molecular flexibility index (Phi) is 3.65. The van der Waals surface area contributed by atoms with Crippen LogP contribution in [0, 0.1) is 0 Å². The summed E-state index contributed by atoms with van der Waals surface area (Å²) in [7, 11) is 0. The van der Waals surface area contributed by atoms with Crippen LogP contribution >= 0.6 is 0 Å². The van der Waals surface area contributed by atoms with Crippen molar-refractivity contribution in [3.63, 3.8) is 0 Å². The molecule has 0 aliphatic carbocycles. The van der Waals surface area contributed by atoms with Crippen LogP contribution in [-0.4, -0.2) is 53.1 Å². The quantitative estimate of drug-likeness (QED) is 0.863. The van der Waals surface area contributed by atoms with Crippen LogP contribution in [0.15, 0.2) is 6.07 Å². The van der Waals surface area contributed by atoms with Crippen LogP contribution in [0.2, 0.25) is 0 Å². The van der Waals surface area contributed by atoms with Gasteiger partial charge in [-0.3, -0.25) is 4.90 Å². The van der Waals surface area contributed by atoms with Crippen molar-refractivity contribution >= 4 is 17.6 Å². The molecule has 1 aromatic heterocycles. The molecule has 2 aliphatic heterocycles. The predicted octanol–water partition coefficient (Wildman–Crippen LogP) is 1.16. The number of nitrogen functional groups attached to an aromatic ring is 1. The molecule has 20 heavy (non-hydrogen) atoms. The van der Waals surface area contributed by atoms with Crippen LogP contribution in [0.25, 0.3) is 0 Å². The van der Waals surface area contributed by atoms with Crippen molar-refractivity contribution in [3.05, 3.63) is 6.07 Å². The number of anilines is 3. The van der Waals surface area contributed by atoms with Gasteiger partial charge in [0.25, 0.3) is 0 Å². The summed E-state index contributed by atoms with van der Waals surface area (Å²) in [5.74, 6) is 2.11. The van der Waals surface area contributed by atoms with Crippen LogP contribution < -0.4 is 16.0 Å². The Morgan fingerprint density at radius 1 is 1.40 bits per heavy atom. The molecular formula is C14H24N6. The maximum Gasteiger partial charge on any atom is 0.223 e. The lowest BCUT2D eigenvalue weighted by Crippen LogP contribution is -2.55.